The van der Waals surface area contributed by atoms with Crippen LogP contribution in [0.15, 0.2) is 47.8 Å². The number of carbonyl (C=O) groups is 3. The summed E-state index contributed by atoms with van der Waals surface area (Å²) in [5.74, 6) is -0.235. The second kappa shape index (κ2) is 10.9. The van der Waals surface area contributed by atoms with Crippen molar-refractivity contribution in [1.82, 2.24) is 4.98 Å². The maximum atomic E-state index is 12.5. The number of methoxy groups -OCH3 is 1. The summed E-state index contributed by atoms with van der Waals surface area (Å²) in [6.07, 6.45) is 0.0708. The predicted molar refractivity (Wildman–Crippen MR) is 127 cm³/mol. The Kier molecular flexibility index (Phi) is 7.95. The molecule has 0 aliphatic carbocycles. The van der Waals surface area contributed by atoms with Gasteiger partial charge >= 0.3 is 5.97 Å². The molecule has 7 nitrogen and oxygen atoms in total. The van der Waals surface area contributed by atoms with Crippen LogP contribution in [-0.2, 0) is 20.9 Å². The number of anilines is 2. The third-order valence-electron chi connectivity index (χ3n) is 5.00. The normalized spacial score (nSPS) is 10.5. The van der Waals surface area contributed by atoms with Crippen molar-refractivity contribution in [2.24, 2.45) is 0 Å². The third kappa shape index (κ3) is 6.04. The number of carbonyl (C=O) groups excluding carboxylic acids is 3. The van der Waals surface area contributed by atoms with E-state index in [0.717, 1.165) is 11.1 Å². The van der Waals surface area contributed by atoms with Crippen molar-refractivity contribution in [3.8, 4) is 5.75 Å². The Morgan fingerprint density at radius 1 is 1.06 bits per heavy atom. The van der Waals surface area contributed by atoms with Gasteiger partial charge in [0.05, 0.1) is 24.9 Å². The number of hydrogen-bond acceptors (Lipinski definition) is 7. The monoisotopic (exact) mass is 466 g/mol. The Labute approximate surface area is 197 Å². The fraction of sp³-hybridized carbons (Fsp3) is 0.280. The Morgan fingerprint density at radius 3 is 2.55 bits per heavy atom. The fourth-order valence-electron chi connectivity index (χ4n) is 3.30. The first-order valence-corrected chi connectivity index (χ1v) is 11.3. The SMILES string of the molecule is COc1ccccc1N(C(C)=O)c1nc(COC(=O)CCC(=O)c2cc(C)ccc2C)cs1. The second-order valence-corrected chi connectivity index (χ2v) is 8.39. The van der Waals surface area contributed by atoms with Crippen LogP contribution in [0, 0.1) is 13.8 Å². The van der Waals surface area contributed by atoms with Gasteiger partial charge < -0.3 is 9.47 Å². The molecule has 0 aliphatic rings. The summed E-state index contributed by atoms with van der Waals surface area (Å²) < 4.78 is 10.7. The predicted octanol–water partition coefficient (Wildman–Crippen LogP) is 5.16. The van der Waals surface area contributed by atoms with E-state index < -0.39 is 5.97 Å². The van der Waals surface area contributed by atoms with Crippen LogP contribution < -0.4 is 9.64 Å². The molecule has 0 fully saturated rings. The lowest BCUT2D eigenvalue weighted by Gasteiger charge is -2.20. The minimum atomic E-state index is -0.476. The molecule has 0 N–H and O–H groups in total. The first kappa shape index (κ1) is 24.1. The highest BCUT2D eigenvalue weighted by atomic mass is 32.1. The number of para-hydroxylation sites is 2. The van der Waals surface area contributed by atoms with E-state index in [1.165, 1.54) is 30.3 Å². The molecule has 8 heteroatoms. The summed E-state index contributed by atoms with van der Waals surface area (Å²) in [5, 5.41) is 2.18. The molecular weight excluding hydrogens is 440 g/mol. The molecular formula is C25H26N2O5S. The average Bonchev–Trinajstić information content (AvgIpc) is 3.26. The maximum absolute atomic E-state index is 12.5. The van der Waals surface area contributed by atoms with Crippen molar-refractivity contribution in [1.29, 1.82) is 0 Å². The Hall–Kier alpha value is -3.52. The highest BCUT2D eigenvalue weighted by molar-refractivity contribution is 7.14. The largest absolute Gasteiger partial charge is 0.495 e. The molecule has 0 aliphatic heterocycles. The van der Waals surface area contributed by atoms with Gasteiger partial charge in [0.1, 0.15) is 12.4 Å². The fourth-order valence-corrected chi connectivity index (χ4v) is 4.16. The number of esters is 1. The lowest BCUT2D eigenvalue weighted by Crippen LogP contribution is -2.23. The molecule has 172 valence electrons. The van der Waals surface area contributed by atoms with Gasteiger partial charge in [-0.1, -0.05) is 29.8 Å². The number of benzene rings is 2. The van der Waals surface area contributed by atoms with Gasteiger partial charge in [0.25, 0.3) is 0 Å². The van der Waals surface area contributed by atoms with Gasteiger partial charge in [-0.15, -0.1) is 11.3 Å². The smallest absolute Gasteiger partial charge is 0.306 e. The van der Waals surface area contributed by atoms with E-state index in [1.807, 2.05) is 44.2 Å². The van der Waals surface area contributed by atoms with Crippen LogP contribution >= 0.6 is 11.3 Å². The molecule has 1 amide bonds. The molecule has 33 heavy (non-hydrogen) atoms. The van der Waals surface area contributed by atoms with E-state index in [-0.39, 0.29) is 31.1 Å². The number of ketones is 1. The molecule has 3 aromatic rings. The van der Waals surface area contributed by atoms with Gasteiger partial charge in [-0.2, -0.15) is 0 Å². The molecule has 0 bridgehead atoms. The number of rotatable bonds is 9. The Balaban J connectivity index is 1.60. The molecule has 0 saturated heterocycles. The van der Waals surface area contributed by atoms with Gasteiger partial charge in [-0.3, -0.25) is 19.3 Å². The van der Waals surface area contributed by atoms with Gasteiger partial charge in [0.15, 0.2) is 10.9 Å². The topological polar surface area (TPSA) is 85.8 Å². The molecule has 1 aromatic heterocycles. The van der Waals surface area contributed by atoms with Gasteiger partial charge in [0.2, 0.25) is 5.91 Å². The quantitative estimate of drug-likeness (QED) is 0.320. The molecule has 0 spiro atoms. The van der Waals surface area contributed by atoms with Crippen LogP contribution in [0.5, 0.6) is 5.75 Å². The highest BCUT2D eigenvalue weighted by Crippen LogP contribution is 2.35. The lowest BCUT2D eigenvalue weighted by atomic mass is 9.99. The first-order valence-electron chi connectivity index (χ1n) is 10.4. The van der Waals surface area contributed by atoms with E-state index in [2.05, 4.69) is 4.98 Å². The summed E-state index contributed by atoms with van der Waals surface area (Å²) in [6, 6.07) is 12.8. The van der Waals surface area contributed by atoms with Gasteiger partial charge in [-0.05, 0) is 37.6 Å². The van der Waals surface area contributed by atoms with Crippen LogP contribution in [0.3, 0.4) is 0 Å². The van der Waals surface area contributed by atoms with Gasteiger partial charge in [0, 0.05) is 24.3 Å². The van der Waals surface area contributed by atoms with E-state index in [0.29, 0.717) is 27.8 Å². The van der Waals surface area contributed by atoms with Crippen LogP contribution in [0.4, 0.5) is 10.8 Å². The standard InChI is InChI=1S/C25H26N2O5S/c1-16-9-10-17(2)20(13-16)22(29)11-12-24(30)32-14-19-15-33-25(26-19)27(18(3)28)21-7-5-6-8-23(21)31-4/h5-10,13,15H,11-12,14H2,1-4H3. The lowest BCUT2D eigenvalue weighted by molar-refractivity contribution is -0.145. The maximum Gasteiger partial charge on any atom is 0.306 e. The van der Waals surface area contributed by atoms with E-state index in [9.17, 15) is 14.4 Å². The first-order chi connectivity index (χ1) is 15.8. The van der Waals surface area contributed by atoms with E-state index in [1.54, 1.807) is 17.5 Å². The number of aromatic nitrogens is 1. The van der Waals surface area contributed by atoms with Gasteiger partial charge in [-0.25, -0.2) is 4.98 Å². The molecule has 0 saturated carbocycles. The average molecular weight is 467 g/mol. The van der Waals surface area contributed by atoms with Crippen LogP contribution in [0.25, 0.3) is 0 Å². The Morgan fingerprint density at radius 2 is 1.82 bits per heavy atom. The third-order valence-corrected chi connectivity index (χ3v) is 5.88. The molecule has 0 unspecified atom stereocenters. The van der Waals surface area contributed by atoms with Crippen molar-refractivity contribution in [2.75, 3.05) is 12.0 Å². The molecule has 0 radical (unpaired) electrons. The summed E-state index contributed by atoms with van der Waals surface area (Å²) in [6.45, 7) is 5.21. The number of ether oxygens (including phenoxy) is 2. The summed E-state index contributed by atoms with van der Waals surface area (Å²) >= 11 is 1.26. The molecule has 3 rings (SSSR count). The van der Waals surface area contributed by atoms with E-state index in [4.69, 9.17) is 9.47 Å². The zero-order valence-corrected chi connectivity index (χ0v) is 19.9. The zero-order valence-electron chi connectivity index (χ0n) is 19.1. The summed E-state index contributed by atoms with van der Waals surface area (Å²) in [5.41, 5.74) is 3.62. The van der Waals surface area contributed by atoms with Crippen molar-refractivity contribution < 1.29 is 23.9 Å². The minimum absolute atomic E-state index is 0.00993. The highest BCUT2D eigenvalue weighted by Gasteiger charge is 2.21. The second-order valence-electron chi connectivity index (χ2n) is 7.55. The van der Waals surface area contributed by atoms with Crippen LogP contribution in [-0.4, -0.2) is 29.8 Å². The number of amides is 1. The molecule has 1 heterocycles. The van der Waals surface area contributed by atoms with E-state index >= 15 is 0 Å². The number of nitrogens with zero attached hydrogens (tertiary/aromatic N) is 2. The molecule has 0 atom stereocenters. The van der Waals surface area contributed by atoms with Crippen molar-refractivity contribution in [3.05, 3.63) is 70.2 Å². The van der Waals surface area contributed by atoms with Crippen LogP contribution in [0.2, 0.25) is 0 Å². The zero-order chi connectivity index (χ0) is 24.0. The van der Waals surface area contributed by atoms with Crippen molar-refractivity contribution in [2.45, 2.75) is 40.2 Å². The minimum Gasteiger partial charge on any atom is -0.495 e. The Bertz CT molecular complexity index is 1170. The number of aryl methyl sites for hydroxylation is 2. The number of Topliss-reactive ketones (excluding diaryl/α,β-unsaturated/α-hetero) is 1. The van der Waals surface area contributed by atoms with Crippen molar-refractivity contribution in [3.63, 3.8) is 0 Å². The summed E-state index contributed by atoms with van der Waals surface area (Å²) in [4.78, 5) is 42.9. The number of hydrogen-bond donors (Lipinski definition) is 0. The molecule has 2 aromatic carbocycles. The van der Waals surface area contributed by atoms with Crippen molar-refractivity contribution >= 4 is 39.8 Å². The van der Waals surface area contributed by atoms with Crippen LogP contribution in [0.1, 0.15) is 46.9 Å². The summed E-state index contributed by atoms with van der Waals surface area (Å²) in [7, 11) is 1.54. The number of thiazole rings is 1.